The van der Waals surface area contributed by atoms with Crippen LogP contribution in [0.15, 0.2) is 43.0 Å². The number of carbonyl (C=O) groups excluding carboxylic acids is 2. The second kappa shape index (κ2) is 14.0. The smallest absolute Gasteiger partial charge is 0.268 e. The number of likely N-dealkylation sites (N-methyl/N-ethyl adjacent to an activating group) is 1. The van der Waals surface area contributed by atoms with E-state index in [9.17, 15) is 9.59 Å². The lowest BCUT2D eigenvalue weighted by Gasteiger charge is -2.22. The van der Waals surface area contributed by atoms with Crippen LogP contribution in [0, 0.1) is 12.8 Å². The van der Waals surface area contributed by atoms with Gasteiger partial charge in [0.2, 0.25) is 5.91 Å². The molecule has 1 aromatic heterocycles. The molecule has 1 heterocycles. The summed E-state index contributed by atoms with van der Waals surface area (Å²) < 4.78 is 5.78. The largest absolute Gasteiger partial charge is 0.492 e. The highest BCUT2D eigenvalue weighted by molar-refractivity contribution is 5.98. The summed E-state index contributed by atoms with van der Waals surface area (Å²) in [6.45, 7) is 11.2. The minimum absolute atomic E-state index is 0.161. The lowest BCUT2D eigenvalue weighted by Crippen LogP contribution is -2.47. The van der Waals surface area contributed by atoms with Crippen LogP contribution in [-0.2, 0) is 11.2 Å². The predicted octanol–water partition coefficient (Wildman–Crippen LogP) is 5.19. The Bertz CT molecular complexity index is 1110. The molecule has 1 fully saturated rings. The number of ether oxygens (including phenoxy) is 1. The topological polar surface area (TPSA) is 86.5 Å². The fraction of sp³-hybridized carbons (Fsp3) is 0.484. The first-order valence-corrected chi connectivity index (χ1v) is 13.7. The zero-order valence-corrected chi connectivity index (χ0v) is 23.6. The summed E-state index contributed by atoms with van der Waals surface area (Å²) in [4.78, 5) is 32.1. The quantitative estimate of drug-likeness (QED) is 0.282. The normalized spacial score (nSPS) is 14.9. The molecule has 2 amide bonds. The molecule has 0 aliphatic heterocycles. The molecule has 2 atom stereocenters. The molecule has 0 saturated heterocycles. The number of benzene rings is 1. The van der Waals surface area contributed by atoms with E-state index in [1.165, 1.54) is 12.8 Å². The van der Waals surface area contributed by atoms with Crippen LogP contribution in [-0.4, -0.2) is 55.0 Å². The average Bonchev–Trinajstić information content (AvgIpc) is 3.67. The third-order valence-electron chi connectivity index (χ3n) is 7.13. The van der Waals surface area contributed by atoms with Gasteiger partial charge in [-0.1, -0.05) is 50.6 Å². The van der Waals surface area contributed by atoms with Gasteiger partial charge in [0.25, 0.3) is 5.91 Å². The molecule has 2 aromatic rings. The number of nitrogens with zero attached hydrogens (tertiary/aromatic N) is 1. The summed E-state index contributed by atoms with van der Waals surface area (Å²) in [7, 11) is 4.02. The fourth-order valence-corrected chi connectivity index (χ4v) is 4.52. The van der Waals surface area contributed by atoms with Crippen molar-refractivity contribution in [2.24, 2.45) is 5.92 Å². The van der Waals surface area contributed by atoms with E-state index in [2.05, 4.69) is 27.1 Å². The molecule has 0 bridgehead atoms. The van der Waals surface area contributed by atoms with Gasteiger partial charge in [-0.15, -0.1) is 0 Å². The van der Waals surface area contributed by atoms with Gasteiger partial charge in [0.15, 0.2) is 0 Å². The van der Waals surface area contributed by atoms with Gasteiger partial charge < -0.3 is 25.3 Å². The molecule has 3 rings (SSSR count). The number of carbonyl (C=O) groups is 2. The van der Waals surface area contributed by atoms with Crippen molar-refractivity contribution in [3.63, 3.8) is 0 Å². The zero-order chi connectivity index (χ0) is 27.7. The number of H-pyrrole nitrogens is 1. The molecule has 1 aromatic carbocycles. The number of allylic oxidation sites excluding steroid dienone is 2. The molecule has 1 aliphatic carbocycles. The number of amides is 2. The van der Waals surface area contributed by atoms with Crippen molar-refractivity contribution >= 4 is 17.9 Å². The van der Waals surface area contributed by atoms with E-state index in [0.717, 1.165) is 47.5 Å². The Morgan fingerprint density at radius 2 is 1.92 bits per heavy atom. The third-order valence-corrected chi connectivity index (χ3v) is 7.13. The Morgan fingerprint density at radius 1 is 1.21 bits per heavy atom. The van der Waals surface area contributed by atoms with Crippen LogP contribution in [0.1, 0.15) is 78.4 Å². The standard InChI is InChI=1S/C31H44N4O3/c1-7-9-10-27-21(3)26(8-2)29(33-27)31(37)34-28(18-13-23-11-12-23)30(36)32-22(4)24-14-16-25(17-15-24)38-20-19-35(5)6/h7,9-10,14-17,22-23,28,33H,1,8,11-13,18-20H2,2-6H3,(H,32,36)(H,34,37)/b10-9-/t22?,28-/m0/s1. The van der Waals surface area contributed by atoms with Gasteiger partial charge in [-0.25, -0.2) is 0 Å². The highest BCUT2D eigenvalue weighted by atomic mass is 16.5. The summed E-state index contributed by atoms with van der Waals surface area (Å²) in [5.41, 5.74) is 4.40. The van der Waals surface area contributed by atoms with Crippen LogP contribution < -0.4 is 15.4 Å². The first kappa shape index (κ1) is 29.2. The maximum atomic E-state index is 13.4. The minimum Gasteiger partial charge on any atom is -0.492 e. The van der Waals surface area contributed by atoms with Crippen LogP contribution in [0.2, 0.25) is 0 Å². The van der Waals surface area contributed by atoms with Crippen LogP contribution in [0.5, 0.6) is 5.75 Å². The maximum Gasteiger partial charge on any atom is 0.268 e. The number of aromatic amines is 1. The Morgan fingerprint density at radius 3 is 2.53 bits per heavy atom. The summed E-state index contributed by atoms with van der Waals surface area (Å²) >= 11 is 0. The third kappa shape index (κ3) is 8.35. The van der Waals surface area contributed by atoms with Gasteiger partial charge >= 0.3 is 0 Å². The average molecular weight is 521 g/mol. The van der Waals surface area contributed by atoms with Gasteiger partial charge in [0, 0.05) is 12.2 Å². The first-order valence-electron chi connectivity index (χ1n) is 13.7. The molecule has 0 spiro atoms. The highest BCUT2D eigenvalue weighted by Crippen LogP contribution is 2.34. The molecular weight excluding hydrogens is 476 g/mol. The highest BCUT2D eigenvalue weighted by Gasteiger charge is 2.29. The van der Waals surface area contributed by atoms with E-state index in [0.29, 0.717) is 24.6 Å². The van der Waals surface area contributed by atoms with Gasteiger partial charge in [0.1, 0.15) is 24.1 Å². The van der Waals surface area contributed by atoms with Crippen LogP contribution in [0.3, 0.4) is 0 Å². The maximum absolute atomic E-state index is 13.4. The molecule has 206 valence electrons. The van der Waals surface area contributed by atoms with Crippen LogP contribution in [0.4, 0.5) is 0 Å². The van der Waals surface area contributed by atoms with E-state index in [-0.39, 0.29) is 17.9 Å². The zero-order valence-electron chi connectivity index (χ0n) is 23.6. The van der Waals surface area contributed by atoms with Crippen molar-refractivity contribution in [2.45, 2.75) is 65.0 Å². The van der Waals surface area contributed by atoms with Crippen molar-refractivity contribution in [1.29, 1.82) is 0 Å². The van der Waals surface area contributed by atoms with Gasteiger partial charge in [0.05, 0.1) is 6.04 Å². The molecule has 1 unspecified atom stereocenters. The predicted molar refractivity (Wildman–Crippen MR) is 154 cm³/mol. The molecule has 7 heteroatoms. The molecule has 38 heavy (non-hydrogen) atoms. The van der Waals surface area contributed by atoms with Gasteiger partial charge in [-0.2, -0.15) is 0 Å². The molecule has 1 saturated carbocycles. The summed E-state index contributed by atoms with van der Waals surface area (Å²) in [6, 6.07) is 7.01. The molecule has 1 aliphatic rings. The number of nitrogens with one attached hydrogen (secondary N) is 3. The Hall–Kier alpha value is -3.32. The van der Waals surface area contributed by atoms with E-state index in [1.54, 1.807) is 6.08 Å². The summed E-state index contributed by atoms with van der Waals surface area (Å²) in [5, 5.41) is 6.15. The molecule has 7 nitrogen and oxygen atoms in total. The second-order valence-corrected chi connectivity index (χ2v) is 10.5. The monoisotopic (exact) mass is 520 g/mol. The van der Waals surface area contributed by atoms with Crippen LogP contribution >= 0.6 is 0 Å². The Kier molecular flexibility index (Phi) is 10.8. The lowest BCUT2D eigenvalue weighted by molar-refractivity contribution is -0.123. The number of rotatable bonds is 15. The van der Waals surface area contributed by atoms with E-state index >= 15 is 0 Å². The molecular formula is C31H44N4O3. The Labute approximate surface area is 227 Å². The van der Waals surface area contributed by atoms with E-state index < -0.39 is 6.04 Å². The van der Waals surface area contributed by atoms with Gasteiger partial charge in [-0.05, 0) is 88.0 Å². The molecule has 3 N–H and O–H groups in total. The Balaban J connectivity index is 1.67. The summed E-state index contributed by atoms with van der Waals surface area (Å²) in [5.74, 6) is 1.06. The fourth-order valence-electron chi connectivity index (χ4n) is 4.52. The van der Waals surface area contributed by atoms with Crippen molar-refractivity contribution in [1.82, 2.24) is 20.5 Å². The van der Waals surface area contributed by atoms with Crippen LogP contribution in [0.25, 0.3) is 6.08 Å². The number of hydrogen-bond acceptors (Lipinski definition) is 4. The first-order chi connectivity index (χ1) is 18.2. The van der Waals surface area contributed by atoms with Crippen molar-refractivity contribution < 1.29 is 14.3 Å². The molecule has 0 radical (unpaired) electrons. The van der Waals surface area contributed by atoms with Crippen molar-refractivity contribution in [2.75, 3.05) is 27.2 Å². The van der Waals surface area contributed by atoms with E-state index in [1.807, 2.05) is 71.3 Å². The van der Waals surface area contributed by atoms with E-state index in [4.69, 9.17) is 4.74 Å². The SMILES string of the molecule is C=C/C=C\c1[nH]c(C(=O)N[C@@H](CCC2CC2)C(=O)NC(C)c2ccc(OCCN(C)C)cc2)c(CC)c1C. The lowest BCUT2D eigenvalue weighted by atomic mass is 10.0. The van der Waals surface area contributed by atoms with Crippen molar-refractivity contribution in [3.05, 3.63) is 71.1 Å². The van der Waals surface area contributed by atoms with Gasteiger partial charge in [-0.3, -0.25) is 9.59 Å². The number of hydrogen-bond donors (Lipinski definition) is 3. The second-order valence-electron chi connectivity index (χ2n) is 10.5. The van der Waals surface area contributed by atoms with Crippen molar-refractivity contribution in [3.8, 4) is 5.75 Å². The summed E-state index contributed by atoms with van der Waals surface area (Å²) in [6.07, 6.45) is 10.1. The minimum atomic E-state index is -0.598. The number of aromatic nitrogens is 1.